The van der Waals surface area contributed by atoms with E-state index in [1.54, 1.807) is 23.6 Å². The summed E-state index contributed by atoms with van der Waals surface area (Å²) in [7, 11) is 0. The minimum Gasteiger partial charge on any atom is -0.350 e. The smallest absolute Gasteiger partial charge is 0.220 e. The number of hydrogen-bond acceptors (Lipinski definition) is 4. The number of pyridine rings is 1. The van der Waals surface area contributed by atoms with Gasteiger partial charge in [-0.25, -0.2) is 9.97 Å². The van der Waals surface area contributed by atoms with Gasteiger partial charge in [-0.3, -0.25) is 4.79 Å². The number of thiazole rings is 1. The molecule has 3 aromatic heterocycles. The van der Waals surface area contributed by atoms with E-state index >= 15 is 0 Å². The molecule has 1 amide bonds. The van der Waals surface area contributed by atoms with Gasteiger partial charge >= 0.3 is 0 Å². The number of carbonyl (C=O) groups excluding carboxylic acids is 1. The molecule has 7 heteroatoms. The molecule has 1 aromatic carbocycles. The van der Waals surface area contributed by atoms with Crippen LogP contribution in [0.25, 0.3) is 15.9 Å². The standard InChI is InChI=1S/C19H17ClN4OS/c20-13-8-9-17-22-14(12-24(17)11-13)10-21-18(25)6-3-7-19-23-15-4-1-2-5-16(15)26-19/h1-2,4-5,8-9,11-12H,3,6-7,10H2,(H,21,25). The monoisotopic (exact) mass is 384 g/mol. The Hall–Kier alpha value is -2.44. The normalized spacial score (nSPS) is 11.3. The molecule has 3 heterocycles. The van der Waals surface area contributed by atoms with Crippen LogP contribution >= 0.6 is 22.9 Å². The molecule has 0 spiro atoms. The Kier molecular flexibility index (Phi) is 4.86. The van der Waals surface area contributed by atoms with Crippen molar-refractivity contribution in [1.82, 2.24) is 19.7 Å². The summed E-state index contributed by atoms with van der Waals surface area (Å²) in [5.41, 5.74) is 2.66. The summed E-state index contributed by atoms with van der Waals surface area (Å²) in [4.78, 5) is 21.1. The highest BCUT2D eigenvalue weighted by Gasteiger charge is 2.07. The fraction of sp³-hybridized carbons (Fsp3) is 0.211. The molecule has 0 aliphatic rings. The second kappa shape index (κ2) is 7.43. The lowest BCUT2D eigenvalue weighted by molar-refractivity contribution is -0.121. The van der Waals surface area contributed by atoms with Crippen LogP contribution in [-0.4, -0.2) is 20.3 Å². The topological polar surface area (TPSA) is 59.3 Å². The van der Waals surface area contributed by atoms with E-state index in [-0.39, 0.29) is 5.91 Å². The number of para-hydroxylation sites is 1. The molecule has 0 fully saturated rings. The summed E-state index contributed by atoms with van der Waals surface area (Å²) in [5, 5.41) is 4.66. The van der Waals surface area contributed by atoms with Gasteiger partial charge in [-0.1, -0.05) is 23.7 Å². The number of benzene rings is 1. The Bertz CT molecular complexity index is 1040. The summed E-state index contributed by atoms with van der Waals surface area (Å²) < 4.78 is 3.05. The molecular formula is C19H17ClN4OS. The van der Waals surface area contributed by atoms with Crippen molar-refractivity contribution >= 4 is 44.7 Å². The van der Waals surface area contributed by atoms with Gasteiger partial charge in [0, 0.05) is 18.8 Å². The number of aryl methyl sites for hydroxylation is 1. The van der Waals surface area contributed by atoms with E-state index in [1.165, 1.54) is 4.70 Å². The predicted octanol–water partition coefficient (Wildman–Crippen LogP) is 4.24. The molecule has 26 heavy (non-hydrogen) atoms. The molecule has 0 saturated heterocycles. The lowest BCUT2D eigenvalue weighted by Gasteiger charge is -2.02. The zero-order valence-corrected chi connectivity index (χ0v) is 15.6. The second-order valence-corrected chi connectivity index (χ2v) is 7.60. The average Bonchev–Trinajstić information content (AvgIpc) is 3.22. The molecule has 0 aliphatic carbocycles. The maximum atomic E-state index is 12.1. The van der Waals surface area contributed by atoms with E-state index in [2.05, 4.69) is 21.4 Å². The highest BCUT2D eigenvalue weighted by molar-refractivity contribution is 7.18. The first kappa shape index (κ1) is 17.0. The second-order valence-electron chi connectivity index (χ2n) is 6.05. The van der Waals surface area contributed by atoms with Gasteiger partial charge in [0.1, 0.15) is 5.65 Å². The SMILES string of the molecule is O=C(CCCc1nc2ccccc2s1)NCc1cn2cc(Cl)ccc2n1. The van der Waals surface area contributed by atoms with Gasteiger partial charge < -0.3 is 9.72 Å². The minimum absolute atomic E-state index is 0.0289. The molecule has 5 nitrogen and oxygen atoms in total. The van der Waals surface area contributed by atoms with Gasteiger partial charge in [-0.05, 0) is 37.1 Å². The predicted molar refractivity (Wildman–Crippen MR) is 105 cm³/mol. The maximum absolute atomic E-state index is 12.1. The fourth-order valence-electron chi connectivity index (χ4n) is 2.81. The average molecular weight is 385 g/mol. The van der Waals surface area contributed by atoms with Crippen LogP contribution in [0.4, 0.5) is 0 Å². The lowest BCUT2D eigenvalue weighted by atomic mass is 10.2. The number of halogens is 1. The molecule has 0 bridgehead atoms. The number of rotatable bonds is 6. The van der Waals surface area contributed by atoms with Crippen LogP contribution in [0.3, 0.4) is 0 Å². The first-order valence-electron chi connectivity index (χ1n) is 8.42. The minimum atomic E-state index is 0.0289. The zero-order valence-electron chi connectivity index (χ0n) is 14.0. The Morgan fingerprint density at radius 2 is 2.04 bits per heavy atom. The maximum Gasteiger partial charge on any atom is 0.220 e. The summed E-state index contributed by atoms with van der Waals surface area (Å²) in [6, 6.07) is 11.8. The Balaban J connectivity index is 1.26. The number of aromatic nitrogens is 3. The Labute approximate surface area is 159 Å². The largest absolute Gasteiger partial charge is 0.350 e. The van der Waals surface area contributed by atoms with E-state index in [0.29, 0.717) is 18.0 Å². The third kappa shape index (κ3) is 3.86. The molecule has 0 radical (unpaired) electrons. The number of carbonyl (C=O) groups is 1. The first-order valence-corrected chi connectivity index (χ1v) is 9.61. The van der Waals surface area contributed by atoms with Crippen molar-refractivity contribution in [2.45, 2.75) is 25.8 Å². The number of fused-ring (bicyclic) bond motifs is 2. The number of nitrogens with one attached hydrogen (secondary N) is 1. The molecule has 0 aliphatic heterocycles. The van der Waals surface area contributed by atoms with Crippen LogP contribution in [0.1, 0.15) is 23.5 Å². The van der Waals surface area contributed by atoms with Crippen molar-refractivity contribution in [3.63, 3.8) is 0 Å². The molecule has 0 atom stereocenters. The van der Waals surface area contributed by atoms with Crippen LogP contribution in [0, 0.1) is 0 Å². The van der Waals surface area contributed by atoms with Gasteiger partial charge in [-0.15, -0.1) is 11.3 Å². The van der Waals surface area contributed by atoms with Crippen LogP contribution in [-0.2, 0) is 17.8 Å². The van der Waals surface area contributed by atoms with E-state index in [4.69, 9.17) is 11.6 Å². The van der Waals surface area contributed by atoms with Gasteiger partial charge in [0.05, 0.1) is 32.5 Å². The van der Waals surface area contributed by atoms with Crippen molar-refractivity contribution in [3.05, 3.63) is 64.5 Å². The van der Waals surface area contributed by atoms with Crippen molar-refractivity contribution in [3.8, 4) is 0 Å². The van der Waals surface area contributed by atoms with Gasteiger partial charge in [0.25, 0.3) is 0 Å². The van der Waals surface area contributed by atoms with E-state index in [1.807, 2.05) is 34.9 Å². The quantitative estimate of drug-likeness (QED) is 0.541. The van der Waals surface area contributed by atoms with Crippen LogP contribution in [0.5, 0.6) is 0 Å². The van der Waals surface area contributed by atoms with Gasteiger partial charge in [-0.2, -0.15) is 0 Å². The number of nitrogens with zero attached hydrogens (tertiary/aromatic N) is 3. The third-order valence-corrected chi connectivity index (χ3v) is 5.38. The number of imidazole rings is 1. The fourth-order valence-corrected chi connectivity index (χ4v) is 3.98. The molecular weight excluding hydrogens is 368 g/mol. The molecule has 1 N–H and O–H groups in total. The first-order chi connectivity index (χ1) is 12.7. The lowest BCUT2D eigenvalue weighted by Crippen LogP contribution is -2.22. The van der Waals surface area contributed by atoms with Gasteiger partial charge in [0.15, 0.2) is 0 Å². The highest BCUT2D eigenvalue weighted by atomic mass is 35.5. The molecule has 4 rings (SSSR count). The molecule has 0 unspecified atom stereocenters. The summed E-state index contributed by atoms with van der Waals surface area (Å²) in [6.07, 6.45) is 5.76. The summed E-state index contributed by atoms with van der Waals surface area (Å²) in [5.74, 6) is 0.0289. The van der Waals surface area contributed by atoms with Crippen molar-refractivity contribution in [2.24, 2.45) is 0 Å². The van der Waals surface area contributed by atoms with E-state index in [9.17, 15) is 4.79 Å². The molecule has 132 valence electrons. The van der Waals surface area contributed by atoms with Crippen molar-refractivity contribution < 1.29 is 4.79 Å². The zero-order chi connectivity index (χ0) is 17.9. The Morgan fingerprint density at radius 3 is 2.92 bits per heavy atom. The van der Waals surface area contributed by atoms with E-state index in [0.717, 1.165) is 34.7 Å². The third-order valence-electron chi connectivity index (χ3n) is 4.06. The summed E-state index contributed by atoms with van der Waals surface area (Å²) in [6.45, 7) is 0.416. The number of amides is 1. The van der Waals surface area contributed by atoms with Gasteiger partial charge in [0.2, 0.25) is 5.91 Å². The van der Waals surface area contributed by atoms with Crippen molar-refractivity contribution in [1.29, 1.82) is 0 Å². The van der Waals surface area contributed by atoms with Crippen LogP contribution in [0.2, 0.25) is 5.02 Å². The molecule has 4 aromatic rings. The number of hydrogen-bond donors (Lipinski definition) is 1. The van der Waals surface area contributed by atoms with Crippen molar-refractivity contribution in [2.75, 3.05) is 0 Å². The van der Waals surface area contributed by atoms with E-state index < -0.39 is 0 Å². The van der Waals surface area contributed by atoms with Crippen LogP contribution in [0.15, 0.2) is 48.8 Å². The Morgan fingerprint density at radius 1 is 1.15 bits per heavy atom. The van der Waals surface area contributed by atoms with Crippen LogP contribution < -0.4 is 5.32 Å². The highest BCUT2D eigenvalue weighted by Crippen LogP contribution is 2.22. The molecule has 0 saturated carbocycles. The summed E-state index contributed by atoms with van der Waals surface area (Å²) >= 11 is 7.66.